The largest absolute Gasteiger partial charge is 0.497 e. The summed E-state index contributed by atoms with van der Waals surface area (Å²) in [7, 11) is 1.64. The number of rotatable bonds is 11. The number of ether oxygens (including phenoxy) is 1. The molecular formula is C32H38N4O3. The van der Waals surface area contributed by atoms with Crippen LogP contribution in [0.3, 0.4) is 0 Å². The molecule has 2 heterocycles. The third-order valence-electron chi connectivity index (χ3n) is 7.56. The maximum absolute atomic E-state index is 12.8. The molecule has 1 saturated heterocycles. The number of nitrogens with one attached hydrogen (secondary N) is 2. The van der Waals surface area contributed by atoms with Crippen molar-refractivity contribution in [2.24, 2.45) is 5.92 Å². The van der Waals surface area contributed by atoms with Gasteiger partial charge in [-0.15, -0.1) is 0 Å². The average Bonchev–Trinajstić information content (AvgIpc) is 3.40. The highest BCUT2D eigenvalue weighted by atomic mass is 16.5. The van der Waals surface area contributed by atoms with E-state index >= 15 is 0 Å². The van der Waals surface area contributed by atoms with Gasteiger partial charge in [-0.2, -0.15) is 0 Å². The van der Waals surface area contributed by atoms with Crippen molar-refractivity contribution in [2.75, 3.05) is 38.3 Å². The molecule has 39 heavy (non-hydrogen) atoms. The average molecular weight is 527 g/mol. The first kappa shape index (κ1) is 26.8. The van der Waals surface area contributed by atoms with Gasteiger partial charge in [0.2, 0.25) is 0 Å². The Labute approximate surface area is 230 Å². The highest BCUT2D eigenvalue weighted by molar-refractivity contribution is 5.98. The number of carbonyl (C=O) groups is 1. The molecule has 5 rings (SSSR count). The number of amides is 1. The summed E-state index contributed by atoms with van der Waals surface area (Å²) in [6.45, 7) is 3.25. The normalized spacial score (nSPS) is 14.9. The second-order valence-corrected chi connectivity index (χ2v) is 10.4. The Morgan fingerprint density at radius 1 is 0.974 bits per heavy atom. The van der Waals surface area contributed by atoms with Crippen molar-refractivity contribution in [3.8, 4) is 5.75 Å². The van der Waals surface area contributed by atoms with Crippen molar-refractivity contribution >= 4 is 16.8 Å². The molecule has 1 unspecified atom stereocenters. The first-order valence-corrected chi connectivity index (χ1v) is 13.8. The van der Waals surface area contributed by atoms with Gasteiger partial charge in [-0.1, -0.05) is 42.5 Å². The van der Waals surface area contributed by atoms with E-state index in [4.69, 9.17) is 4.74 Å². The van der Waals surface area contributed by atoms with Crippen LogP contribution in [0, 0.1) is 5.92 Å². The molecule has 3 aromatic carbocycles. The van der Waals surface area contributed by atoms with E-state index in [-0.39, 0.29) is 12.5 Å². The number of hydrogen-bond donors (Lipinski definition) is 3. The molecule has 7 nitrogen and oxygen atoms in total. The van der Waals surface area contributed by atoms with E-state index in [0.717, 1.165) is 41.7 Å². The number of nitrogens with zero attached hydrogens (tertiary/aromatic N) is 2. The van der Waals surface area contributed by atoms with Crippen LogP contribution in [0.5, 0.6) is 5.75 Å². The molecule has 0 aliphatic carbocycles. The van der Waals surface area contributed by atoms with E-state index in [1.807, 2.05) is 42.5 Å². The van der Waals surface area contributed by atoms with Gasteiger partial charge in [0.25, 0.3) is 5.91 Å². The van der Waals surface area contributed by atoms with Crippen molar-refractivity contribution in [3.63, 3.8) is 0 Å². The topological polar surface area (TPSA) is 78.8 Å². The molecule has 7 heteroatoms. The molecule has 1 amide bonds. The summed E-state index contributed by atoms with van der Waals surface area (Å²) < 4.78 is 7.40. The van der Waals surface area contributed by atoms with E-state index in [0.29, 0.717) is 24.6 Å². The summed E-state index contributed by atoms with van der Waals surface area (Å²) in [5.74, 6) is 1.35. The molecule has 0 spiro atoms. The van der Waals surface area contributed by atoms with Crippen molar-refractivity contribution in [1.82, 2.24) is 15.3 Å². The second kappa shape index (κ2) is 12.8. The van der Waals surface area contributed by atoms with Gasteiger partial charge in [0.1, 0.15) is 5.75 Å². The van der Waals surface area contributed by atoms with Crippen LogP contribution < -0.4 is 20.4 Å². The first-order chi connectivity index (χ1) is 19.1. The lowest BCUT2D eigenvalue weighted by molar-refractivity contribution is 0.0915. The molecule has 3 N–H and O–H groups in total. The molecule has 0 radical (unpaired) electrons. The van der Waals surface area contributed by atoms with Crippen LogP contribution in [-0.2, 0) is 13.0 Å². The minimum Gasteiger partial charge on any atom is -0.497 e. The van der Waals surface area contributed by atoms with Crippen molar-refractivity contribution < 1.29 is 14.6 Å². The highest BCUT2D eigenvalue weighted by Crippen LogP contribution is 2.24. The summed E-state index contributed by atoms with van der Waals surface area (Å²) in [6.07, 6.45) is 4.91. The smallest absolute Gasteiger partial charge is 0.251 e. The summed E-state index contributed by atoms with van der Waals surface area (Å²) in [4.78, 5) is 12.8. The SMILES string of the molecule is COc1ccc(CNCC(O)CNC(=O)c2ccc3c(ccn3N3CCC(Cc4ccccc4)CC3)c2)cc1. The number of aromatic nitrogens is 1. The lowest BCUT2D eigenvalue weighted by atomic mass is 9.91. The van der Waals surface area contributed by atoms with Crippen LogP contribution in [0.25, 0.3) is 10.9 Å². The summed E-state index contributed by atoms with van der Waals surface area (Å²) in [5.41, 5.74) is 4.23. The van der Waals surface area contributed by atoms with Gasteiger partial charge in [-0.25, -0.2) is 0 Å². The molecule has 1 atom stereocenters. The quantitative estimate of drug-likeness (QED) is 0.274. The third kappa shape index (κ3) is 6.99. The number of aliphatic hydroxyl groups excluding tert-OH is 1. The standard InChI is InChI=1S/C32H38N4O3/c1-39-30-10-7-26(8-11-30)21-33-22-29(37)23-34-32(38)28-9-12-31-27(20-28)15-18-36(31)35-16-13-25(14-17-35)19-24-5-3-2-4-6-24/h2-12,15,18,20,25,29,33,37H,13-14,16-17,19,21-23H2,1H3,(H,34,38). The highest BCUT2D eigenvalue weighted by Gasteiger charge is 2.21. The Hall–Kier alpha value is -3.81. The van der Waals surface area contributed by atoms with E-state index in [1.54, 1.807) is 7.11 Å². The van der Waals surface area contributed by atoms with Gasteiger partial charge >= 0.3 is 0 Å². The van der Waals surface area contributed by atoms with Gasteiger partial charge in [-0.05, 0) is 72.7 Å². The zero-order valence-corrected chi connectivity index (χ0v) is 22.6. The Morgan fingerprint density at radius 2 is 1.74 bits per heavy atom. The predicted octanol–water partition coefficient (Wildman–Crippen LogP) is 4.12. The Bertz CT molecular complexity index is 1350. The molecule has 1 aliphatic rings. The van der Waals surface area contributed by atoms with E-state index in [2.05, 4.69) is 62.9 Å². The lowest BCUT2D eigenvalue weighted by Crippen LogP contribution is -2.41. The number of benzene rings is 3. The maximum atomic E-state index is 12.8. The molecule has 0 bridgehead atoms. The predicted molar refractivity (Wildman–Crippen MR) is 156 cm³/mol. The number of methoxy groups -OCH3 is 1. The summed E-state index contributed by atoms with van der Waals surface area (Å²) >= 11 is 0. The molecular weight excluding hydrogens is 488 g/mol. The van der Waals surface area contributed by atoms with Crippen LogP contribution in [0.4, 0.5) is 0 Å². The molecule has 1 fully saturated rings. The Kier molecular flexibility index (Phi) is 8.81. The van der Waals surface area contributed by atoms with Crippen molar-refractivity contribution in [3.05, 3.63) is 102 Å². The number of carbonyl (C=O) groups excluding carboxylic acids is 1. The maximum Gasteiger partial charge on any atom is 0.251 e. The summed E-state index contributed by atoms with van der Waals surface area (Å²) in [5, 5.41) is 19.8. The van der Waals surface area contributed by atoms with Crippen LogP contribution in [0.2, 0.25) is 0 Å². The van der Waals surface area contributed by atoms with Crippen molar-refractivity contribution in [1.29, 1.82) is 0 Å². The van der Waals surface area contributed by atoms with Crippen molar-refractivity contribution in [2.45, 2.75) is 31.9 Å². The monoisotopic (exact) mass is 526 g/mol. The van der Waals surface area contributed by atoms with Gasteiger partial charge in [0, 0.05) is 49.9 Å². The van der Waals surface area contributed by atoms with Crippen LogP contribution >= 0.6 is 0 Å². The van der Waals surface area contributed by atoms with Crippen LogP contribution in [-0.4, -0.2) is 55.1 Å². The zero-order valence-electron chi connectivity index (χ0n) is 22.6. The molecule has 0 saturated carbocycles. The van der Waals surface area contributed by atoms with Gasteiger partial charge in [-0.3, -0.25) is 9.47 Å². The van der Waals surface area contributed by atoms with E-state index < -0.39 is 6.10 Å². The first-order valence-electron chi connectivity index (χ1n) is 13.8. The second-order valence-electron chi connectivity index (χ2n) is 10.4. The van der Waals surface area contributed by atoms with E-state index in [1.165, 1.54) is 18.4 Å². The lowest BCUT2D eigenvalue weighted by Gasteiger charge is -2.34. The molecule has 4 aromatic rings. The molecule has 1 aliphatic heterocycles. The molecule has 1 aromatic heterocycles. The number of aliphatic hydroxyl groups is 1. The fraction of sp³-hybridized carbons (Fsp3) is 0.344. The fourth-order valence-corrected chi connectivity index (χ4v) is 5.31. The minimum absolute atomic E-state index is 0.180. The number of hydrogen-bond acceptors (Lipinski definition) is 5. The fourth-order valence-electron chi connectivity index (χ4n) is 5.31. The van der Waals surface area contributed by atoms with E-state index in [9.17, 15) is 9.90 Å². The van der Waals surface area contributed by atoms with Crippen LogP contribution in [0.15, 0.2) is 85.1 Å². The number of fused-ring (bicyclic) bond motifs is 1. The van der Waals surface area contributed by atoms with Gasteiger partial charge in [0.05, 0.1) is 18.7 Å². The minimum atomic E-state index is -0.679. The summed E-state index contributed by atoms with van der Waals surface area (Å²) in [6, 6.07) is 26.4. The number of piperidine rings is 1. The Morgan fingerprint density at radius 3 is 2.49 bits per heavy atom. The molecule has 204 valence electrons. The van der Waals surface area contributed by atoms with Gasteiger partial charge in [0.15, 0.2) is 0 Å². The third-order valence-corrected chi connectivity index (χ3v) is 7.56. The zero-order chi connectivity index (χ0) is 27.0. The van der Waals surface area contributed by atoms with Crippen LogP contribution in [0.1, 0.15) is 34.3 Å². The Balaban J connectivity index is 1.08. The van der Waals surface area contributed by atoms with Gasteiger partial charge < -0.3 is 25.5 Å².